The van der Waals surface area contributed by atoms with E-state index in [2.05, 4.69) is 28.7 Å². The van der Waals surface area contributed by atoms with E-state index in [-0.39, 0.29) is 11.6 Å². The molecule has 3 aromatic heterocycles. The molecule has 1 unspecified atom stereocenters. The first-order valence-corrected chi connectivity index (χ1v) is 11.2. The van der Waals surface area contributed by atoms with Crippen molar-refractivity contribution in [3.05, 3.63) is 56.4 Å². The lowest BCUT2D eigenvalue weighted by Crippen LogP contribution is -2.24. The van der Waals surface area contributed by atoms with Crippen LogP contribution < -0.4 is 10.5 Å². The van der Waals surface area contributed by atoms with Gasteiger partial charge in [-0.1, -0.05) is 25.4 Å². The SMILES string of the molecule is Cc1nn(CC(C)C)c(Cl)c1C1CCCN1c1ccc(-c2nc(C)c(C)c(=O)[nH]2)cn1. The Morgan fingerprint density at radius 3 is 2.65 bits per heavy atom. The number of halogens is 1. The lowest BCUT2D eigenvalue weighted by Gasteiger charge is -2.26. The number of hydrogen-bond donors (Lipinski definition) is 1. The van der Waals surface area contributed by atoms with E-state index in [0.29, 0.717) is 17.3 Å². The Bertz CT molecular complexity index is 1150. The summed E-state index contributed by atoms with van der Waals surface area (Å²) in [6.07, 6.45) is 3.86. The van der Waals surface area contributed by atoms with Crippen LogP contribution in [0.2, 0.25) is 5.15 Å². The quantitative estimate of drug-likeness (QED) is 0.626. The largest absolute Gasteiger partial charge is 0.349 e. The number of nitrogens with one attached hydrogen (secondary N) is 1. The maximum Gasteiger partial charge on any atom is 0.254 e. The van der Waals surface area contributed by atoms with Gasteiger partial charge in [0.25, 0.3) is 5.56 Å². The Morgan fingerprint density at radius 1 is 1.23 bits per heavy atom. The number of H-pyrrole nitrogens is 1. The minimum Gasteiger partial charge on any atom is -0.349 e. The van der Waals surface area contributed by atoms with Gasteiger partial charge >= 0.3 is 0 Å². The second-order valence-corrected chi connectivity index (χ2v) is 9.11. The first-order chi connectivity index (χ1) is 14.8. The zero-order chi connectivity index (χ0) is 22.3. The molecule has 31 heavy (non-hydrogen) atoms. The molecule has 1 N–H and O–H groups in total. The van der Waals surface area contributed by atoms with Gasteiger partial charge in [0.15, 0.2) is 0 Å². The zero-order valence-corrected chi connectivity index (χ0v) is 19.5. The molecule has 3 aromatic rings. The van der Waals surface area contributed by atoms with Crippen molar-refractivity contribution in [2.24, 2.45) is 5.92 Å². The number of aromatic nitrogens is 5. The van der Waals surface area contributed by atoms with Crippen LogP contribution in [-0.4, -0.2) is 31.3 Å². The molecule has 8 heteroatoms. The van der Waals surface area contributed by atoms with Gasteiger partial charge in [-0.05, 0) is 51.7 Å². The van der Waals surface area contributed by atoms with Gasteiger partial charge in [-0.15, -0.1) is 0 Å². The van der Waals surface area contributed by atoms with Gasteiger partial charge in [0.2, 0.25) is 0 Å². The van der Waals surface area contributed by atoms with Crippen LogP contribution in [0.15, 0.2) is 23.1 Å². The summed E-state index contributed by atoms with van der Waals surface area (Å²) < 4.78 is 1.92. The second-order valence-electron chi connectivity index (χ2n) is 8.75. The number of aromatic amines is 1. The van der Waals surface area contributed by atoms with Crippen molar-refractivity contribution in [3.63, 3.8) is 0 Å². The fourth-order valence-electron chi connectivity index (χ4n) is 4.23. The normalized spacial score (nSPS) is 16.5. The van der Waals surface area contributed by atoms with E-state index in [4.69, 9.17) is 21.7 Å². The summed E-state index contributed by atoms with van der Waals surface area (Å²) in [6, 6.07) is 4.11. The minimum atomic E-state index is -0.116. The van der Waals surface area contributed by atoms with Crippen LogP contribution in [0.3, 0.4) is 0 Å². The Labute approximate surface area is 187 Å². The number of hydrogen-bond acceptors (Lipinski definition) is 5. The molecule has 0 saturated carbocycles. The monoisotopic (exact) mass is 440 g/mol. The maximum atomic E-state index is 12.1. The molecule has 0 aromatic carbocycles. The molecule has 1 saturated heterocycles. The summed E-state index contributed by atoms with van der Waals surface area (Å²) in [4.78, 5) is 26.4. The predicted molar refractivity (Wildman–Crippen MR) is 124 cm³/mol. The molecule has 1 atom stereocenters. The summed E-state index contributed by atoms with van der Waals surface area (Å²) >= 11 is 6.77. The highest BCUT2D eigenvalue weighted by Crippen LogP contribution is 2.40. The van der Waals surface area contributed by atoms with Gasteiger partial charge in [0, 0.05) is 41.7 Å². The van der Waals surface area contributed by atoms with Crippen LogP contribution >= 0.6 is 11.6 Å². The number of rotatable bonds is 5. The average molecular weight is 441 g/mol. The highest BCUT2D eigenvalue weighted by molar-refractivity contribution is 6.30. The highest BCUT2D eigenvalue weighted by atomic mass is 35.5. The molecule has 0 amide bonds. The fourth-order valence-corrected chi connectivity index (χ4v) is 4.60. The Hall–Kier alpha value is -2.67. The van der Waals surface area contributed by atoms with Gasteiger partial charge in [-0.3, -0.25) is 9.48 Å². The molecule has 1 fully saturated rings. The van der Waals surface area contributed by atoms with E-state index in [1.807, 2.05) is 30.7 Å². The standard InChI is InChI=1S/C23H29ClN6O/c1-13(2)12-30-21(24)20(16(5)28-30)18-7-6-10-29(18)19-9-8-17(11-25-19)22-26-15(4)14(3)23(31)27-22/h8-9,11,13,18H,6-7,10,12H2,1-5H3,(H,26,27,31). The lowest BCUT2D eigenvalue weighted by molar-refractivity contribution is 0.481. The highest BCUT2D eigenvalue weighted by Gasteiger charge is 2.32. The number of anilines is 1. The third-order valence-corrected chi connectivity index (χ3v) is 6.34. The third-order valence-electron chi connectivity index (χ3n) is 5.94. The van der Waals surface area contributed by atoms with Crippen molar-refractivity contribution >= 4 is 17.4 Å². The summed E-state index contributed by atoms with van der Waals surface area (Å²) in [5.41, 5.74) is 4.12. The minimum absolute atomic E-state index is 0.116. The number of pyridine rings is 1. The fraction of sp³-hybridized carbons (Fsp3) is 0.478. The first-order valence-electron chi connectivity index (χ1n) is 10.8. The van der Waals surface area contributed by atoms with E-state index in [0.717, 1.165) is 59.4 Å². The maximum absolute atomic E-state index is 12.1. The van der Waals surface area contributed by atoms with Crippen molar-refractivity contribution in [3.8, 4) is 11.4 Å². The Kier molecular flexibility index (Phi) is 5.88. The summed E-state index contributed by atoms with van der Waals surface area (Å²) in [7, 11) is 0. The molecule has 0 aliphatic carbocycles. The van der Waals surface area contributed by atoms with E-state index in [1.165, 1.54) is 0 Å². The van der Waals surface area contributed by atoms with Crippen molar-refractivity contribution in [1.82, 2.24) is 24.7 Å². The first kappa shape index (κ1) is 21.6. The van der Waals surface area contributed by atoms with Crippen molar-refractivity contribution in [2.45, 2.75) is 60.0 Å². The molecule has 4 rings (SSSR count). The zero-order valence-electron chi connectivity index (χ0n) is 18.7. The van der Waals surface area contributed by atoms with Crippen molar-refractivity contribution < 1.29 is 0 Å². The van der Waals surface area contributed by atoms with Gasteiger partial charge in [0.1, 0.15) is 16.8 Å². The van der Waals surface area contributed by atoms with Gasteiger partial charge in [0.05, 0.1) is 11.7 Å². The van der Waals surface area contributed by atoms with Gasteiger partial charge < -0.3 is 9.88 Å². The molecule has 4 heterocycles. The predicted octanol–water partition coefficient (Wildman–Crippen LogP) is 4.60. The molecule has 1 aliphatic heterocycles. The van der Waals surface area contributed by atoms with Crippen molar-refractivity contribution in [2.75, 3.05) is 11.4 Å². The van der Waals surface area contributed by atoms with Crippen LogP contribution in [0.5, 0.6) is 0 Å². The van der Waals surface area contributed by atoms with Gasteiger partial charge in [-0.2, -0.15) is 5.10 Å². The molecule has 7 nitrogen and oxygen atoms in total. The molecular formula is C23H29ClN6O. The molecule has 164 valence electrons. The van der Waals surface area contributed by atoms with E-state index >= 15 is 0 Å². The summed E-state index contributed by atoms with van der Waals surface area (Å²) in [6.45, 7) is 11.7. The molecule has 1 aliphatic rings. The van der Waals surface area contributed by atoms with Crippen molar-refractivity contribution in [1.29, 1.82) is 0 Å². The molecule has 0 spiro atoms. The number of nitrogens with zero attached hydrogens (tertiary/aromatic N) is 5. The van der Waals surface area contributed by atoms with E-state index < -0.39 is 0 Å². The molecule has 0 bridgehead atoms. The van der Waals surface area contributed by atoms with Crippen LogP contribution in [0.4, 0.5) is 5.82 Å². The second kappa shape index (κ2) is 8.46. The lowest BCUT2D eigenvalue weighted by atomic mass is 10.1. The van der Waals surface area contributed by atoms with E-state index in [1.54, 1.807) is 13.1 Å². The molecule has 0 radical (unpaired) electrons. The Morgan fingerprint density at radius 2 is 2.00 bits per heavy atom. The third kappa shape index (κ3) is 4.11. The van der Waals surface area contributed by atoms with Crippen LogP contribution in [0.25, 0.3) is 11.4 Å². The van der Waals surface area contributed by atoms with Gasteiger partial charge in [-0.25, -0.2) is 9.97 Å². The van der Waals surface area contributed by atoms with Crippen LogP contribution in [0, 0.1) is 26.7 Å². The topological polar surface area (TPSA) is 79.7 Å². The van der Waals surface area contributed by atoms with Crippen LogP contribution in [-0.2, 0) is 6.54 Å². The Balaban J connectivity index is 1.63. The summed E-state index contributed by atoms with van der Waals surface area (Å²) in [5.74, 6) is 1.91. The summed E-state index contributed by atoms with van der Waals surface area (Å²) in [5, 5.41) is 5.43. The average Bonchev–Trinajstić information content (AvgIpc) is 3.29. The smallest absolute Gasteiger partial charge is 0.254 e. The van der Waals surface area contributed by atoms with E-state index in [9.17, 15) is 4.79 Å². The number of aryl methyl sites for hydroxylation is 2. The van der Waals surface area contributed by atoms with Crippen LogP contribution in [0.1, 0.15) is 55.2 Å². The molecular weight excluding hydrogens is 412 g/mol.